The molecule has 3 aromatic rings. The van der Waals surface area contributed by atoms with Crippen molar-refractivity contribution in [2.45, 2.75) is 20.5 Å². The second-order valence-corrected chi connectivity index (χ2v) is 5.85. The first-order chi connectivity index (χ1) is 11.6. The summed E-state index contributed by atoms with van der Waals surface area (Å²) in [6.45, 7) is 4.40. The van der Waals surface area contributed by atoms with E-state index in [2.05, 4.69) is 11.2 Å². The van der Waals surface area contributed by atoms with E-state index in [-0.39, 0.29) is 0 Å². The molecule has 0 amide bonds. The van der Waals surface area contributed by atoms with Crippen molar-refractivity contribution in [3.8, 4) is 17.5 Å². The van der Waals surface area contributed by atoms with Crippen molar-refractivity contribution in [1.29, 1.82) is 5.26 Å². The van der Waals surface area contributed by atoms with E-state index in [0.717, 1.165) is 28.4 Å². The number of benzene rings is 2. The smallest absolute Gasteiger partial charge is 0.119 e. The number of nitriles is 1. The Hall–Kier alpha value is -2.77. The molecule has 0 bridgehead atoms. The molecule has 24 heavy (non-hydrogen) atoms. The summed E-state index contributed by atoms with van der Waals surface area (Å²) in [5, 5.41) is 14.0. The quantitative estimate of drug-likeness (QED) is 0.699. The standard InChI is InChI=1S/C19H16ClN3O/c1-13-18(12-24-17-6-4-3-5-7-17)14(2)23(22-13)16-9-8-15(11-21)19(20)10-16/h3-10H,12H2,1-2H3. The minimum Gasteiger partial charge on any atom is -0.489 e. The zero-order chi connectivity index (χ0) is 17.1. The van der Waals surface area contributed by atoms with E-state index in [4.69, 9.17) is 21.6 Å². The molecule has 0 aliphatic rings. The minimum absolute atomic E-state index is 0.421. The number of nitrogens with zero attached hydrogens (tertiary/aromatic N) is 3. The fraction of sp³-hybridized carbons (Fsp3) is 0.158. The molecule has 0 saturated heterocycles. The molecule has 2 aromatic carbocycles. The Morgan fingerprint density at radius 3 is 2.58 bits per heavy atom. The van der Waals surface area contributed by atoms with E-state index < -0.39 is 0 Å². The zero-order valence-electron chi connectivity index (χ0n) is 13.5. The van der Waals surface area contributed by atoms with E-state index >= 15 is 0 Å². The van der Waals surface area contributed by atoms with Crippen LogP contribution in [-0.4, -0.2) is 9.78 Å². The molecule has 0 radical (unpaired) electrons. The Morgan fingerprint density at radius 2 is 1.92 bits per heavy atom. The summed E-state index contributed by atoms with van der Waals surface area (Å²) >= 11 is 6.13. The highest BCUT2D eigenvalue weighted by Gasteiger charge is 2.14. The van der Waals surface area contributed by atoms with E-state index in [1.54, 1.807) is 12.1 Å². The monoisotopic (exact) mass is 337 g/mol. The topological polar surface area (TPSA) is 50.8 Å². The van der Waals surface area contributed by atoms with E-state index in [1.165, 1.54) is 0 Å². The molecule has 0 aliphatic heterocycles. The SMILES string of the molecule is Cc1nn(-c2ccc(C#N)c(Cl)c2)c(C)c1COc1ccccc1. The summed E-state index contributed by atoms with van der Waals surface area (Å²) in [4.78, 5) is 0. The van der Waals surface area contributed by atoms with Crippen LogP contribution < -0.4 is 4.74 Å². The summed E-state index contributed by atoms with van der Waals surface area (Å²) in [7, 11) is 0. The van der Waals surface area contributed by atoms with Gasteiger partial charge in [0.05, 0.1) is 22.0 Å². The van der Waals surface area contributed by atoms with Gasteiger partial charge in [-0.15, -0.1) is 0 Å². The molecule has 0 unspecified atom stereocenters. The average molecular weight is 338 g/mol. The molecular weight excluding hydrogens is 322 g/mol. The second kappa shape index (κ2) is 6.77. The largest absolute Gasteiger partial charge is 0.489 e. The fourth-order valence-corrected chi connectivity index (χ4v) is 2.75. The van der Waals surface area contributed by atoms with Crippen molar-refractivity contribution in [1.82, 2.24) is 9.78 Å². The molecule has 5 heteroatoms. The van der Waals surface area contributed by atoms with Crippen LogP contribution in [0, 0.1) is 25.2 Å². The predicted octanol–water partition coefficient (Wildman–Crippen LogP) is 4.59. The van der Waals surface area contributed by atoms with Crippen LogP contribution in [0.15, 0.2) is 48.5 Å². The molecule has 3 rings (SSSR count). The van der Waals surface area contributed by atoms with Gasteiger partial charge in [0.15, 0.2) is 0 Å². The van der Waals surface area contributed by atoms with Gasteiger partial charge in [0.1, 0.15) is 18.4 Å². The maximum absolute atomic E-state index is 8.99. The average Bonchev–Trinajstić information content (AvgIpc) is 2.88. The van der Waals surface area contributed by atoms with Crippen LogP contribution in [0.3, 0.4) is 0 Å². The van der Waals surface area contributed by atoms with Gasteiger partial charge in [-0.25, -0.2) is 4.68 Å². The lowest BCUT2D eigenvalue weighted by Gasteiger charge is -2.08. The third-order valence-electron chi connectivity index (χ3n) is 3.89. The van der Waals surface area contributed by atoms with Gasteiger partial charge in [-0.3, -0.25) is 0 Å². The van der Waals surface area contributed by atoms with Crippen LogP contribution in [0.25, 0.3) is 5.69 Å². The predicted molar refractivity (Wildman–Crippen MR) is 93.5 cm³/mol. The summed E-state index contributed by atoms with van der Waals surface area (Å²) in [5.74, 6) is 0.825. The molecule has 0 saturated carbocycles. The van der Waals surface area contributed by atoms with Crippen molar-refractivity contribution in [2.24, 2.45) is 0 Å². The van der Waals surface area contributed by atoms with Gasteiger partial charge < -0.3 is 4.74 Å². The molecule has 0 atom stereocenters. The van der Waals surface area contributed by atoms with Crippen LogP contribution in [-0.2, 0) is 6.61 Å². The van der Waals surface area contributed by atoms with Gasteiger partial charge >= 0.3 is 0 Å². The van der Waals surface area contributed by atoms with Crippen LogP contribution in [0.1, 0.15) is 22.5 Å². The lowest BCUT2D eigenvalue weighted by atomic mass is 10.2. The number of hydrogen-bond acceptors (Lipinski definition) is 3. The number of aromatic nitrogens is 2. The highest BCUT2D eigenvalue weighted by atomic mass is 35.5. The number of halogens is 1. The van der Waals surface area contributed by atoms with E-state index in [0.29, 0.717) is 17.2 Å². The number of para-hydroxylation sites is 1. The Labute approximate surface area is 145 Å². The van der Waals surface area contributed by atoms with Gasteiger partial charge in [-0.2, -0.15) is 10.4 Å². The maximum Gasteiger partial charge on any atom is 0.119 e. The summed E-state index contributed by atoms with van der Waals surface area (Å²) < 4.78 is 7.67. The molecule has 4 nitrogen and oxygen atoms in total. The normalized spacial score (nSPS) is 10.4. The van der Waals surface area contributed by atoms with Crippen LogP contribution in [0.2, 0.25) is 5.02 Å². The highest BCUT2D eigenvalue weighted by molar-refractivity contribution is 6.31. The molecule has 0 aliphatic carbocycles. The van der Waals surface area contributed by atoms with Crippen LogP contribution in [0.5, 0.6) is 5.75 Å². The van der Waals surface area contributed by atoms with Gasteiger partial charge in [0.2, 0.25) is 0 Å². The van der Waals surface area contributed by atoms with Gasteiger partial charge in [-0.05, 0) is 44.2 Å². The van der Waals surface area contributed by atoms with Crippen molar-refractivity contribution in [3.63, 3.8) is 0 Å². The first kappa shape index (κ1) is 16.1. The van der Waals surface area contributed by atoms with E-state index in [9.17, 15) is 0 Å². The molecular formula is C19H16ClN3O. The Bertz CT molecular complexity index is 910. The highest BCUT2D eigenvalue weighted by Crippen LogP contribution is 2.24. The Balaban J connectivity index is 1.89. The number of rotatable bonds is 4. The Kier molecular flexibility index (Phi) is 4.54. The number of hydrogen-bond donors (Lipinski definition) is 0. The van der Waals surface area contributed by atoms with Gasteiger partial charge in [-0.1, -0.05) is 29.8 Å². The van der Waals surface area contributed by atoms with E-state index in [1.807, 2.05) is 54.9 Å². The summed E-state index contributed by atoms with van der Waals surface area (Å²) in [5.41, 5.74) is 4.22. The zero-order valence-corrected chi connectivity index (χ0v) is 14.2. The lowest BCUT2D eigenvalue weighted by Crippen LogP contribution is -2.01. The van der Waals surface area contributed by atoms with Crippen molar-refractivity contribution < 1.29 is 4.74 Å². The summed E-state index contributed by atoms with van der Waals surface area (Å²) in [6, 6.07) is 17.0. The van der Waals surface area contributed by atoms with Crippen molar-refractivity contribution in [3.05, 3.63) is 76.1 Å². The number of aryl methyl sites for hydroxylation is 1. The van der Waals surface area contributed by atoms with Gasteiger partial charge in [0.25, 0.3) is 0 Å². The first-order valence-corrected chi connectivity index (χ1v) is 7.91. The molecule has 120 valence electrons. The lowest BCUT2D eigenvalue weighted by molar-refractivity contribution is 0.304. The molecule has 1 aromatic heterocycles. The Morgan fingerprint density at radius 1 is 1.17 bits per heavy atom. The fourth-order valence-electron chi connectivity index (χ4n) is 2.53. The molecule has 0 fully saturated rings. The first-order valence-electron chi connectivity index (χ1n) is 7.53. The van der Waals surface area contributed by atoms with Crippen LogP contribution >= 0.6 is 11.6 Å². The third-order valence-corrected chi connectivity index (χ3v) is 4.20. The minimum atomic E-state index is 0.421. The molecule has 1 heterocycles. The van der Waals surface area contributed by atoms with Crippen molar-refractivity contribution in [2.75, 3.05) is 0 Å². The number of ether oxygens (including phenoxy) is 1. The second-order valence-electron chi connectivity index (χ2n) is 5.44. The van der Waals surface area contributed by atoms with Crippen LogP contribution in [0.4, 0.5) is 0 Å². The third kappa shape index (κ3) is 3.12. The molecule has 0 spiro atoms. The van der Waals surface area contributed by atoms with Crippen molar-refractivity contribution >= 4 is 11.6 Å². The van der Waals surface area contributed by atoms with Gasteiger partial charge in [0, 0.05) is 11.3 Å². The summed E-state index contributed by atoms with van der Waals surface area (Å²) in [6.07, 6.45) is 0. The molecule has 0 N–H and O–H groups in total. The maximum atomic E-state index is 8.99.